The van der Waals surface area contributed by atoms with Crippen molar-refractivity contribution < 1.29 is 0 Å². The maximum Gasteiger partial charge on any atom is 0.0542 e. The van der Waals surface area contributed by atoms with Gasteiger partial charge in [-0.2, -0.15) is 0 Å². The maximum absolute atomic E-state index is 4.29. The van der Waals surface area contributed by atoms with Crippen molar-refractivity contribution in [2.45, 2.75) is 0 Å². The van der Waals surface area contributed by atoms with E-state index in [0.717, 1.165) is 0 Å². The van der Waals surface area contributed by atoms with E-state index in [1.807, 2.05) is 82.3 Å². The molecule has 6 heterocycles. The van der Waals surface area contributed by atoms with E-state index in [4.69, 9.17) is 0 Å². The summed E-state index contributed by atoms with van der Waals surface area (Å²) in [6.45, 7) is 0. The SMILES string of the molecule is c1cncc(-c2cc3cc4c(cc3s2)sc2c3cc5cc(-c6cccnc6)sc5cc3sc42)c1. The first-order valence-corrected chi connectivity index (χ1v) is 14.1. The molecule has 0 spiro atoms. The number of benzene rings is 2. The molecule has 0 saturated carbocycles. The molecule has 0 fully saturated rings. The fraction of sp³-hybridized carbons (Fsp3) is 0. The van der Waals surface area contributed by atoms with Gasteiger partial charge < -0.3 is 0 Å². The quantitative estimate of drug-likeness (QED) is 0.233. The van der Waals surface area contributed by atoms with Crippen LogP contribution in [-0.4, -0.2) is 9.97 Å². The Morgan fingerprint density at radius 1 is 0.500 bits per heavy atom. The molecule has 160 valence electrons. The molecule has 34 heavy (non-hydrogen) atoms. The van der Waals surface area contributed by atoms with Gasteiger partial charge in [0.2, 0.25) is 0 Å². The van der Waals surface area contributed by atoms with Crippen molar-refractivity contribution in [1.82, 2.24) is 9.97 Å². The normalized spacial score (nSPS) is 12.1. The van der Waals surface area contributed by atoms with Gasteiger partial charge in [-0.15, -0.1) is 45.3 Å². The van der Waals surface area contributed by atoms with Gasteiger partial charge in [-0.3, -0.25) is 9.97 Å². The van der Waals surface area contributed by atoms with Crippen LogP contribution in [-0.2, 0) is 0 Å². The Morgan fingerprint density at radius 2 is 1.00 bits per heavy atom. The molecule has 6 heteroatoms. The third-order valence-electron chi connectivity index (χ3n) is 6.25. The van der Waals surface area contributed by atoms with Crippen LogP contribution in [0, 0.1) is 0 Å². The van der Waals surface area contributed by atoms with E-state index in [-0.39, 0.29) is 0 Å². The van der Waals surface area contributed by atoms with E-state index < -0.39 is 0 Å². The Kier molecular flexibility index (Phi) is 4.04. The summed E-state index contributed by atoms with van der Waals surface area (Å²) in [5.41, 5.74) is 2.37. The molecule has 0 aliphatic heterocycles. The molecule has 2 aromatic carbocycles. The number of fused-ring (bicyclic) bond motifs is 7. The molecule has 0 saturated heterocycles. The molecule has 0 bridgehead atoms. The second-order valence-electron chi connectivity index (χ2n) is 8.34. The van der Waals surface area contributed by atoms with Gasteiger partial charge in [-0.05, 0) is 59.3 Å². The summed E-state index contributed by atoms with van der Waals surface area (Å²) in [5, 5.41) is 5.39. The minimum atomic E-state index is 1.18. The van der Waals surface area contributed by atoms with Crippen molar-refractivity contribution in [3.63, 3.8) is 0 Å². The van der Waals surface area contributed by atoms with Crippen LogP contribution in [0.5, 0.6) is 0 Å². The third-order valence-corrected chi connectivity index (χ3v) is 11.0. The highest BCUT2D eigenvalue weighted by Crippen LogP contribution is 2.48. The summed E-state index contributed by atoms with van der Waals surface area (Å²) < 4.78 is 8.25. The van der Waals surface area contributed by atoms with Crippen LogP contribution < -0.4 is 0 Å². The standard InChI is InChI=1S/C28H14N2S4/c1-3-15(13-29-5-1)21-9-17-7-19-25(11-23(17)31-21)33-28-20-8-18-10-22(16-4-2-6-30-14-16)32-24(18)12-26(20)34-27(19)28/h1-14H. The van der Waals surface area contributed by atoms with Crippen LogP contribution in [0.15, 0.2) is 85.5 Å². The first kappa shape index (κ1) is 19.2. The highest BCUT2D eigenvalue weighted by atomic mass is 32.1. The van der Waals surface area contributed by atoms with Gasteiger partial charge in [0.15, 0.2) is 0 Å². The fourth-order valence-electron chi connectivity index (χ4n) is 4.63. The highest BCUT2D eigenvalue weighted by Gasteiger charge is 2.16. The van der Waals surface area contributed by atoms with E-state index in [9.17, 15) is 0 Å². The van der Waals surface area contributed by atoms with Crippen molar-refractivity contribution in [1.29, 1.82) is 0 Å². The molecule has 0 N–H and O–H groups in total. The molecule has 0 atom stereocenters. The summed E-state index contributed by atoms with van der Waals surface area (Å²) in [7, 11) is 0. The summed E-state index contributed by atoms with van der Waals surface area (Å²) in [5.74, 6) is 0. The van der Waals surface area contributed by atoms with E-state index in [1.165, 1.54) is 70.6 Å². The zero-order valence-electron chi connectivity index (χ0n) is 17.6. The number of pyridine rings is 2. The maximum atomic E-state index is 4.29. The predicted molar refractivity (Wildman–Crippen MR) is 152 cm³/mol. The zero-order chi connectivity index (χ0) is 22.2. The second kappa shape index (κ2) is 7.17. The van der Waals surface area contributed by atoms with E-state index in [2.05, 4.69) is 58.5 Å². The number of nitrogens with zero attached hydrogens (tertiary/aromatic N) is 2. The van der Waals surface area contributed by atoms with Crippen LogP contribution in [0.2, 0.25) is 0 Å². The van der Waals surface area contributed by atoms with Crippen LogP contribution in [0.25, 0.3) is 70.6 Å². The lowest BCUT2D eigenvalue weighted by Gasteiger charge is -1.93. The van der Waals surface area contributed by atoms with Crippen LogP contribution in [0.1, 0.15) is 0 Å². The molecule has 8 aromatic rings. The topological polar surface area (TPSA) is 25.8 Å². The Balaban J connectivity index is 1.32. The van der Waals surface area contributed by atoms with Crippen LogP contribution in [0.3, 0.4) is 0 Å². The smallest absolute Gasteiger partial charge is 0.0542 e. The lowest BCUT2D eigenvalue weighted by molar-refractivity contribution is 1.33. The molecule has 2 nitrogen and oxygen atoms in total. The zero-order valence-corrected chi connectivity index (χ0v) is 20.9. The van der Waals surface area contributed by atoms with Crippen molar-refractivity contribution in [3.05, 3.63) is 85.5 Å². The second-order valence-corrected chi connectivity index (χ2v) is 12.6. The van der Waals surface area contributed by atoms with Crippen molar-refractivity contribution in [2.75, 3.05) is 0 Å². The Hall–Kier alpha value is -3.16. The fourth-order valence-corrected chi connectivity index (χ4v) is 9.60. The molecule has 0 unspecified atom stereocenters. The molecular weight excluding hydrogens is 493 g/mol. The van der Waals surface area contributed by atoms with E-state index >= 15 is 0 Å². The van der Waals surface area contributed by atoms with Gasteiger partial charge in [0.05, 0.1) is 9.40 Å². The number of hydrogen-bond donors (Lipinski definition) is 0. The molecule has 0 aliphatic carbocycles. The number of hydrogen-bond acceptors (Lipinski definition) is 6. The van der Waals surface area contributed by atoms with Gasteiger partial charge in [0.25, 0.3) is 0 Å². The van der Waals surface area contributed by atoms with E-state index in [0.29, 0.717) is 0 Å². The average Bonchev–Trinajstić information content (AvgIpc) is 3.63. The number of rotatable bonds is 2. The lowest BCUT2D eigenvalue weighted by atomic mass is 10.1. The summed E-state index contributed by atoms with van der Waals surface area (Å²) in [6, 6.07) is 22.4. The third kappa shape index (κ3) is 2.83. The Morgan fingerprint density at radius 3 is 1.44 bits per heavy atom. The van der Waals surface area contributed by atoms with Crippen LogP contribution >= 0.6 is 45.3 Å². The molecule has 8 rings (SSSR count). The molecule has 0 aliphatic rings. The average molecular weight is 507 g/mol. The summed E-state index contributed by atoms with van der Waals surface area (Å²) in [4.78, 5) is 11.1. The highest BCUT2D eigenvalue weighted by molar-refractivity contribution is 7.37. The van der Waals surface area contributed by atoms with Crippen molar-refractivity contribution in [2.24, 2.45) is 0 Å². The molecule has 0 amide bonds. The van der Waals surface area contributed by atoms with Gasteiger partial charge in [0.1, 0.15) is 0 Å². The Labute approximate surface area is 210 Å². The first-order chi connectivity index (χ1) is 16.8. The van der Waals surface area contributed by atoms with Crippen LogP contribution in [0.4, 0.5) is 0 Å². The van der Waals surface area contributed by atoms with Crippen molar-refractivity contribution in [3.8, 4) is 20.9 Å². The molecular formula is C28H14N2S4. The van der Waals surface area contributed by atoms with Gasteiger partial charge in [-0.1, -0.05) is 12.1 Å². The monoisotopic (exact) mass is 506 g/mol. The minimum Gasteiger partial charge on any atom is -0.264 e. The first-order valence-electron chi connectivity index (χ1n) is 10.9. The minimum absolute atomic E-state index is 1.18. The van der Waals surface area contributed by atoms with Crippen molar-refractivity contribution >= 4 is 95.1 Å². The Bertz CT molecular complexity index is 1860. The number of thiophene rings is 4. The molecule has 0 radical (unpaired) electrons. The van der Waals surface area contributed by atoms with Gasteiger partial charge in [0, 0.05) is 75.2 Å². The van der Waals surface area contributed by atoms with Gasteiger partial charge in [-0.25, -0.2) is 0 Å². The number of aromatic nitrogens is 2. The van der Waals surface area contributed by atoms with Gasteiger partial charge >= 0.3 is 0 Å². The lowest BCUT2D eigenvalue weighted by Crippen LogP contribution is -1.72. The van der Waals surface area contributed by atoms with E-state index in [1.54, 1.807) is 0 Å². The summed E-state index contributed by atoms with van der Waals surface area (Å²) >= 11 is 7.56. The largest absolute Gasteiger partial charge is 0.264 e. The predicted octanol–water partition coefficient (Wildman–Crippen LogP) is 9.82. The molecule has 6 aromatic heterocycles. The summed E-state index contributed by atoms with van der Waals surface area (Å²) in [6.07, 6.45) is 7.55.